The molecule has 0 radical (unpaired) electrons. The monoisotopic (exact) mass is 280 g/mol. The lowest BCUT2D eigenvalue weighted by atomic mass is 10.2. The summed E-state index contributed by atoms with van der Waals surface area (Å²) in [6.45, 7) is 5.64. The van der Waals surface area contributed by atoms with Crippen molar-refractivity contribution in [2.75, 3.05) is 31.2 Å². The third-order valence-electron chi connectivity index (χ3n) is 3.67. The van der Waals surface area contributed by atoms with E-state index in [1.54, 1.807) is 0 Å². The maximum Gasteiger partial charge on any atom is 0.0642 e. The largest absolute Gasteiger partial charge is 0.378 e. The molecule has 3 nitrogen and oxygen atoms in total. The second kappa shape index (κ2) is 6.55. The average Bonchev–Trinajstić information content (AvgIpc) is 2.56. The summed E-state index contributed by atoms with van der Waals surface area (Å²) in [7, 11) is 0. The Kier molecular flexibility index (Phi) is 4.31. The molecule has 1 saturated heterocycles. The highest BCUT2D eigenvalue weighted by atomic mass is 16.5. The van der Waals surface area contributed by atoms with Crippen molar-refractivity contribution in [1.29, 1.82) is 0 Å². The summed E-state index contributed by atoms with van der Waals surface area (Å²) in [5.74, 6) is 0. The van der Waals surface area contributed by atoms with Crippen LogP contribution in [0.4, 0.5) is 11.4 Å². The van der Waals surface area contributed by atoms with E-state index in [4.69, 9.17) is 4.74 Å². The van der Waals surface area contributed by atoms with Crippen LogP contribution in [0.5, 0.6) is 0 Å². The minimum atomic E-state index is 0.813. The molecule has 0 saturated carbocycles. The Bertz CT molecular complexity index is 596. The molecule has 0 spiro atoms. The molecule has 21 heavy (non-hydrogen) atoms. The van der Waals surface area contributed by atoms with Crippen molar-refractivity contribution in [2.45, 2.75) is 6.92 Å². The highest BCUT2D eigenvalue weighted by molar-refractivity contribution is 5.82. The molecule has 0 atom stereocenters. The van der Waals surface area contributed by atoms with E-state index >= 15 is 0 Å². The molecule has 0 amide bonds. The lowest BCUT2D eigenvalue weighted by molar-refractivity contribution is 0.122. The van der Waals surface area contributed by atoms with E-state index in [9.17, 15) is 0 Å². The van der Waals surface area contributed by atoms with Gasteiger partial charge in [0.05, 0.1) is 18.9 Å². The Balaban J connectivity index is 1.67. The Labute approximate surface area is 125 Å². The van der Waals surface area contributed by atoms with Gasteiger partial charge in [0.2, 0.25) is 0 Å². The number of benzene rings is 2. The zero-order valence-corrected chi connectivity index (χ0v) is 12.3. The van der Waals surface area contributed by atoms with Gasteiger partial charge in [0.25, 0.3) is 0 Å². The summed E-state index contributed by atoms with van der Waals surface area (Å²) >= 11 is 0. The van der Waals surface area contributed by atoms with Gasteiger partial charge in [0, 0.05) is 25.0 Å². The number of aryl methyl sites for hydroxylation is 1. The third kappa shape index (κ3) is 3.70. The van der Waals surface area contributed by atoms with Crippen molar-refractivity contribution in [3.63, 3.8) is 0 Å². The molecule has 3 rings (SSSR count). The van der Waals surface area contributed by atoms with Crippen molar-refractivity contribution in [3.05, 3.63) is 59.7 Å². The second-order valence-corrected chi connectivity index (χ2v) is 5.28. The predicted molar refractivity (Wildman–Crippen MR) is 87.9 cm³/mol. The Morgan fingerprint density at radius 3 is 2.29 bits per heavy atom. The highest BCUT2D eigenvalue weighted by Gasteiger charge is 2.10. The molecule has 0 aromatic heterocycles. The van der Waals surface area contributed by atoms with Gasteiger partial charge in [0.15, 0.2) is 0 Å². The van der Waals surface area contributed by atoms with Crippen LogP contribution in [0, 0.1) is 6.92 Å². The van der Waals surface area contributed by atoms with E-state index in [-0.39, 0.29) is 0 Å². The molecule has 1 heterocycles. The van der Waals surface area contributed by atoms with E-state index in [2.05, 4.69) is 65.3 Å². The molecule has 1 fully saturated rings. The summed E-state index contributed by atoms with van der Waals surface area (Å²) in [4.78, 5) is 6.87. The van der Waals surface area contributed by atoms with Gasteiger partial charge in [0.1, 0.15) is 0 Å². The number of hydrogen-bond donors (Lipinski definition) is 0. The van der Waals surface area contributed by atoms with Crippen LogP contribution in [0.3, 0.4) is 0 Å². The summed E-state index contributed by atoms with van der Waals surface area (Å²) < 4.78 is 5.38. The molecule has 0 bridgehead atoms. The Morgan fingerprint density at radius 2 is 1.62 bits per heavy atom. The quantitative estimate of drug-likeness (QED) is 0.803. The van der Waals surface area contributed by atoms with Crippen molar-refractivity contribution < 1.29 is 4.74 Å². The Hall–Kier alpha value is -2.13. The first kappa shape index (κ1) is 13.8. The minimum Gasteiger partial charge on any atom is -0.378 e. The van der Waals surface area contributed by atoms with Gasteiger partial charge in [-0.25, -0.2) is 0 Å². The number of rotatable bonds is 3. The van der Waals surface area contributed by atoms with Crippen molar-refractivity contribution in [2.24, 2.45) is 4.99 Å². The fourth-order valence-corrected chi connectivity index (χ4v) is 2.37. The maximum absolute atomic E-state index is 5.38. The number of hydrogen-bond acceptors (Lipinski definition) is 3. The number of anilines is 1. The lowest BCUT2D eigenvalue weighted by Gasteiger charge is -2.28. The fraction of sp³-hybridized carbons (Fsp3) is 0.278. The van der Waals surface area contributed by atoms with Crippen LogP contribution in [0.1, 0.15) is 11.1 Å². The number of nitrogens with zero attached hydrogens (tertiary/aromatic N) is 2. The van der Waals surface area contributed by atoms with Crippen molar-refractivity contribution in [1.82, 2.24) is 0 Å². The fourth-order valence-electron chi connectivity index (χ4n) is 2.37. The molecule has 108 valence electrons. The van der Waals surface area contributed by atoms with Crippen molar-refractivity contribution in [3.8, 4) is 0 Å². The van der Waals surface area contributed by atoms with E-state index in [1.807, 2.05) is 6.21 Å². The molecule has 3 heteroatoms. The molecular formula is C18H20N2O. The topological polar surface area (TPSA) is 24.8 Å². The van der Waals surface area contributed by atoms with E-state index in [1.165, 1.54) is 11.3 Å². The molecule has 2 aromatic carbocycles. The minimum absolute atomic E-state index is 0.813. The summed E-state index contributed by atoms with van der Waals surface area (Å²) in [5.41, 5.74) is 4.61. The maximum atomic E-state index is 5.38. The molecule has 0 aliphatic carbocycles. The van der Waals surface area contributed by atoms with Crippen LogP contribution in [-0.2, 0) is 4.74 Å². The zero-order valence-electron chi connectivity index (χ0n) is 12.3. The first-order chi connectivity index (χ1) is 10.3. The zero-order chi connectivity index (χ0) is 14.5. The van der Waals surface area contributed by atoms with Crippen LogP contribution < -0.4 is 4.90 Å². The van der Waals surface area contributed by atoms with E-state index in [0.717, 1.165) is 37.6 Å². The molecule has 0 unspecified atom stereocenters. The molecular weight excluding hydrogens is 260 g/mol. The number of ether oxygens (including phenoxy) is 1. The lowest BCUT2D eigenvalue weighted by Crippen LogP contribution is -2.36. The average molecular weight is 280 g/mol. The second-order valence-electron chi connectivity index (χ2n) is 5.28. The number of aliphatic imine (C=N–C) groups is 1. The summed E-state index contributed by atoms with van der Waals surface area (Å²) in [6.07, 6.45) is 1.91. The van der Waals surface area contributed by atoms with Gasteiger partial charge in [-0.05, 0) is 36.8 Å². The highest BCUT2D eigenvalue weighted by Crippen LogP contribution is 2.20. The SMILES string of the molecule is Cc1ccc(C=Nc2ccc(N3CCOCC3)cc2)cc1. The molecule has 1 aliphatic rings. The first-order valence-corrected chi connectivity index (χ1v) is 7.35. The van der Waals surface area contributed by atoms with Gasteiger partial charge in [-0.15, -0.1) is 0 Å². The van der Waals surface area contributed by atoms with Gasteiger partial charge in [-0.1, -0.05) is 29.8 Å². The summed E-state index contributed by atoms with van der Waals surface area (Å²) in [6, 6.07) is 16.8. The third-order valence-corrected chi connectivity index (χ3v) is 3.67. The van der Waals surface area contributed by atoms with Gasteiger partial charge in [-0.2, -0.15) is 0 Å². The van der Waals surface area contributed by atoms with Gasteiger partial charge in [-0.3, -0.25) is 4.99 Å². The van der Waals surface area contributed by atoms with E-state index in [0.29, 0.717) is 0 Å². The molecule has 1 aliphatic heterocycles. The van der Waals surface area contributed by atoms with E-state index < -0.39 is 0 Å². The standard InChI is InChI=1S/C18H20N2O/c1-15-2-4-16(5-3-15)14-19-17-6-8-18(9-7-17)20-10-12-21-13-11-20/h2-9,14H,10-13H2,1H3. The number of morpholine rings is 1. The molecule has 2 aromatic rings. The molecule has 0 N–H and O–H groups in total. The first-order valence-electron chi connectivity index (χ1n) is 7.35. The smallest absolute Gasteiger partial charge is 0.0642 e. The normalized spacial score (nSPS) is 15.6. The van der Waals surface area contributed by atoms with Crippen LogP contribution in [-0.4, -0.2) is 32.5 Å². The van der Waals surface area contributed by atoms with Crippen LogP contribution in [0.25, 0.3) is 0 Å². The predicted octanol–water partition coefficient (Wildman–Crippen LogP) is 3.58. The van der Waals surface area contributed by atoms with Crippen LogP contribution >= 0.6 is 0 Å². The van der Waals surface area contributed by atoms with Crippen molar-refractivity contribution >= 4 is 17.6 Å². The van der Waals surface area contributed by atoms with Gasteiger partial charge < -0.3 is 9.64 Å². The van der Waals surface area contributed by atoms with Gasteiger partial charge >= 0.3 is 0 Å². The summed E-state index contributed by atoms with van der Waals surface area (Å²) in [5, 5.41) is 0. The van der Waals surface area contributed by atoms with Crippen LogP contribution in [0.2, 0.25) is 0 Å². The Morgan fingerprint density at radius 1 is 0.952 bits per heavy atom. The van der Waals surface area contributed by atoms with Crippen LogP contribution in [0.15, 0.2) is 53.5 Å².